The molecule has 35 heavy (non-hydrogen) atoms. The second-order valence-corrected chi connectivity index (χ2v) is 10.0. The maximum absolute atomic E-state index is 12.9. The summed E-state index contributed by atoms with van der Waals surface area (Å²) in [6.07, 6.45) is 3.89. The second-order valence-electron chi connectivity index (χ2n) is 8.03. The Morgan fingerprint density at radius 1 is 0.771 bits per heavy atom. The topological polar surface area (TPSA) is 68.7 Å². The van der Waals surface area contributed by atoms with Crippen LogP contribution >= 0.6 is 0 Å². The summed E-state index contributed by atoms with van der Waals surface area (Å²) in [7, 11) is -3.47. The highest BCUT2D eigenvalue weighted by atomic mass is 32.2. The minimum absolute atomic E-state index is 0.0736. The number of ether oxygens (including phenoxy) is 2. The Kier molecular flexibility index (Phi) is 8.00. The zero-order valence-corrected chi connectivity index (χ0v) is 20.4. The first-order valence-electron chi connectivity index (χ1n) is 11.5. The number of sulfonamides is 1. The van der Waals surface area contributed by atoms with Crippen molar-refractivity contribution in [2.75, 3.05) is 10.1 Å². The van der Waals surface area contributed by atoms with Crippen molar-refractivity contribution in [2.24, 2.45) is 0 Å². The van der Waals surface area contributed by atoms with Gasteiger partial charge in [-0.25, -0.2) is 8.42 Å². The first-order chi connectivity index (χ1) is 17.0. The standard InChI is InChI=1S/C28H28N2O4S/c1-2-19-35(31,32)30(21-24-9-6-18-29-20-24)25-10-12-27(13-11-25)34-28-16-14-26(15-17-28)33-22-23-7-4-3-5-8-23/h3-18,20H,2,19,21-22H2,1H3. The number of pyridine rings is 1. The molecule has 0 atom stereocenters. The number of hydrogen-bond donors (Lipinski definition) is 0. The molecule has 180 valence electrons. The monoisotopic (exact) mass is 488 g/mol. The maximum Gasteiger partial charge on any atom is 0.235 e. The highest BCUT2D eigenvalue weighted by Gasteiger charge is 2.22. The smallest absolute Gasteiger partial charge is 0.235 e. The number of benzene rings is 3. The molecule has 0 amide bonds. The van der Waals surface area contributed by atoms with Gasteiger partial charge in [0.25, 0.3) is 0 Å². The lowest BCUT2D eigenvalue weighted by Crippen LogP contribution is -2.32. The summed E-state index contributed by atoms with van der Waals surface area (Å²) in [6, 6.07) is 28.1. The number of aromatic nitrogens is 1. The van der Waals surface area contributed by atoms with Gasteiger partial charge in [-0.2, -0.15) is 0 Å². The van der Waals surface area contributed by atoms with E-state index >= 15 is 0 Å². The molecular weight excluding hydrogens is 460 g/mol. The van der Waals surface area contributed by atoms with Crippen molar-refractivity contribution >= 4 is 15.7 Å². The lowest BCUT2D eigenvalue weighted by atomic mass is 10.2. The van der Waals surface area contributed by atoms with Crippen LogP contribution in [0.25, 0.3) is 0 Å². The minimum atomic E-state index is -3.47. The fraction of sp³-hybridized carbons (Fsp3) is 0.179. The summed E-state index contributed by atoms with van der Waals surface area (Å²) < 4.78 is 39.1. The molecule has 0 saturated heterocycles. The molecule has 6 nitrogen and oxygen atoms in total. The summed E-state index contributed by atoms with van der Waals surface area (Å²) >= 11 is 0. The van der Waals surface area contributed by atoms with Gasteiger partial charge in [-0.15, -0.1) is 0 Å². The van der Waals surface area contributed by atoms with Crippen molar-refractivity contribution in [3.8, 4) is 17.2 Å². The number of hydrogen-bond acceptors (Lipinski definition) is 5. The van der Waals surface area contributed by atoms with Gasteiger partial charge in [-0.1, -0.05) is 43.3 Å². The molecule has 1 heterocycles. The van der Waals surface area contributed by atoms with E-state index in [9.17, 15) is 8.42 Å². The van der Waals surface area contributed by atoms with Crippen LogP contribution in [0.3, 0.4) is 0 Å². The van der Waals surface area contributed by atoms with Gasteiger partial charge in [0.15, 0.2) is 0 Å². The molecular formula is C28H28N2O4S. The molecule has 3 aromatic carbocycles. The molecule has 0 bridgehead atoms. The van der Waals surface area contributed by atoms with Crippen LogP contribution in [0.2, 0.25) is 0 Å². The van der Waals surface area contributed by atoms with Crippen LogP contribution in [0.1, 0.15) is 24.5 Å². The Hall–Kier alpha value is -3.84. The largest absolute Gasteiger partial charge is 0.489 e. The predicted octanol–water partition coefficient (Wildman–Crippen LogP) is 6.20. The van der Waals surface area contributed by atoms with Crippen molar-refractivity contribution in [1.29, 1.82) is 0 Å². The van der Waals surface area contributed by atoms with Crippen LogP contribution in [0.4, 0.5) is 5.69 Å². The summed E-state index contributed by atoms with van der Waals surface area (Å²) in [5.74, 6) is 2.10. The van der Waals surface area contributed by atoms with E-state index in [-0.39, 0.29) is 12.3 Å². The normalized spacial score (nSPS) is 11.1. The highest BCUT2D eigenvalue weighted by Crippen LogP contribution is 2.28. The van der Waals surface area contributed by atoms with Crippen LogP contribution in [0, 0.1) is 0 Å². The van der Waals surface area contributed by atoms with Crippen LogP contribution < -0.4 is 13.8 Å². The third-order valence-corrected chi connectivity index (χ3v) is 7.21. The van der Waals surface area contributed by atoms with E-state index in [1.807, 2.05) is 67.6 Å². The molecule has 0 spiro atoms. The van der Waals surface area contributed by atoms with Gasteiger partial charge < -0.3 is 9.47 Å². The second kappa shape index (κ2) is 11.5. The van der Waals surface area contributed by atoms with E-state index in [2.05, 4.69) is 4.98 Å². The molecule has 0 aliphatic carbocycles. The highest BCUT2D eigenvalue weighted by molar-refractivity contribution is 7.92. The Labute approximate surface area is 206 Å². The average Bonchev–Trinajstić information content (AvgIpc) is 2.89. The summed E-state index contributed by atoms with van der Waals surface area (Å²) in [5, 5.41) is 0. The molecule has 7 heteroatoms. The molecule has 0 aliphatic rings. The lowest BCUT2D eigenvalue weighted by molar-refractivity contribution is 0.306. The van der Waals surface area contributed by atoms with Crippen molar-refractivity contribution in [1.82, 2.24) is 4.98 Å². The first kappa shape index (κ1) is 24.3. The Balaban J connectivity index is 1.43. The minimum Gasteiger partial charge on any atom is -0.489 e. The first-order valence-corrected chi connectivity index (χ1v) is 13.1. The fourth-order valence-electron chi connectivity index (χ4n) is 3.54. The third-order valence-electron chi connectivity index (χ3n) is 5.28. The van der Waals surface area contributed by atoms with E-state index in [4.69, 9.17) is 9.47 Å². The zero-order valence-electron chi connectivity index (χ0n) is 19.6. The van der Waals surface area contributed by atoms with Gasteiger partial charge in [-0.05, 0) is 72.1 Å². The van der Waals surface area contributed by atoms with Crippen molar-refractivity contribution in [3.05, 3.63) is 115 Å². The number of nitrogens with zero attached hydrogens (tertiary/aromatic N) is 2. The molecule has 4 aromatic rings. The summed E-state index contributed by atoms with van der Waals surface area (Å²) in [4.78, 5) is 4.10. The molecule has 0 radical (unpaired) electrons. The van der Waals surface area contributed by atoms with Gasteiger partial charge >= 0.3 is 0 Å². The molecule has 0 fully saturated rings. The number of rotatable bonds is 11. The quantitative estimate of drug-likeness (QED) is 0.251. The van der Waals surface area contributed by atoms with Crippen molar-refractivity contribution in [2.45, 2.75) is 26.5 Å². The molecule has 0 saturated carbocycles. The van der Waals surface area contributed by atoms with Crippen LogP contribution in [-0.4, -0.2) is 19.2 Å². The summed E-state index contributed by atoms with van der Waals surface area (Å²) in [6.45, 7) is 2.58. The fourth-order valence-corrected chi connectivity index (χ4v) is 5.06. The van der Waals surface area contributed by atoms with Crippen molar-refractivity contribution in [3.63, 3.8) is 0 Å². The Bertz CT molecular complexity index is 1290. The maximum atomic E-state index is 12.9. The van der Waals surface area contributed by atoms with E-state index in [1.54, 1.807) is 42.7 Å². The van der Waals surface area contributed by atoms with Gasteiger partial charge in [0, 0.05) is 12.4 Å². The van der Waals surface area contributed by atoms with E-state index in [1.165, 1.54) is 4.31 Å². The Morgan fingerprint density at radius 2 is 1.40 bits per heavy atom. The van der Waals surface area contributed by atoms with Gasteiger partial charge in [0.1, 0.15) is 23.9 Å². The van der Waals surface area contributed by atoms with Crippen LogP contribution in [0.5, 0.6) is 17.2 Å². The number of anilines is 1. The van der Waals surface area contributed by atoms with Gasteiger partial charge in [-0.3, -0.25) is 9.29 Å². The van der Waals surface area contributed by atoms with Gasteiger partial charge in [0.05, 0.1) is 18.0 Å². The van der Waals surface area contributed by atoms with Gasteiger partial charge in [0.2, 0.25) is 10.0 Å². The van der Waals surface area contributed by atoms with Crippen LogP contribution in [-0.2, 0) is 23.2 Å². The lowest BCUT2D eigenvalue weighted by Gasteiger charge is -2.24. The molecule has 0 unspecified atom stereocenters. The zero-order chi connectivity index (χ0) is 24.5. The average molecular weight is 489 g/mol. The predicted molar refractivity (Wildman–Crippen MR) is 138 cm³/mol. The van der Waals surface area contributed by atoms with Crippen LogP contribution in [0.15, 0.2) is 103 Å². The molecule has 0 aliphatic heterocycles. The molecule has 4 rings (SSSR count). The summed E-state index contributed by atoms with van der Waals surface area (Å²) in [5.41, 5.74) is 2.51. The van der Waals surface area contributed by atoms with E-state index in [0.29, 0.717) is 30.2 Å². The Morgan fingerprint density at radius 3 is 2.03 bits per heavy atom. The third kappa shape index (κ3) is 6.83. The van der Waals surface area contributed by atoms with Crippen molar-refractivity contribution < 1.29 is 17.9 Å². The van der Waals surface area contributed by atoms with E-state index in [0.717, 1.165) is 16.9 Å². The molecule has 0 N–H and O–H groups in total. The van der Waals surface area contributed by atoms with E-state index < -0.39 is 10.0 Å². The SMILES string of the molecule is CCCS(=O)(=O)N(Cc1cccnc1)c1ccc(Oc2ccc(OCc3ccccc3)cc2)cc1. The molecule has 1 aromatic heterocycles.